The molecule has 0 saturated carbocycles. The Morgan fingerprint density at radius 3 is 1.48 bits per heavy atom. The third kappa shape index (κ3) is 3.88. The Balaban J connectivity index is 1.89. The summed E-state index contributed by atoms with van der Waals surface area (Å²) in [5.74, 6) is 1.67. The smallest absolute Gasteiger partial charge is 0.166 e. The molecule has 0 bridgehead atoms. The fourth-order valence-electron chi connectivity index (χ4n) is 2.72. The first-order chi connectivity index (χ1) is 13.1. The quantitative estimate of drug-likeness (QED) is 0.378. The third-order valence-electron chi connectivity index (χ3n) is 4.31. The first-order valence-electron chi connectivity index (χ1n) is 8.71. The summed E-state index contributed by atoms with van der Waals surface area (Å²) in [5.41, 5.74) is 5.08. The second-order valence-electron chi connectivity index (χ2n) is 6.50. The Morgan fingerprint density at radius 2 is 1.00 bits per heavy atom. The van der Waals surface area contributed by atoms with Gasteiger partial charge in [0, 0.05) is 10.6 Å². The van der Waals surface area contributed by atoms with Crippen LogP contribution >= 0.6 is 11.6 Å². The molecular weight excluding hydrogens is 356 g/mol. The molecule has 0 amide bonds. The van der Waals surface area contributed by atoms with Crippen molar-refractivity contribution in [3.8, 4) is 34.3 Å². The molecule has 0 spiro atoms. The molecule has 27 heavy (non-hydrogen) atoms. The van der Waals surface area contributed by atoms with E-state index in [2.05, 4.69) is 35.9 Å². The molecule has 4 heteroatoms. The molecule has 0 N–H and O–H groups in total. The van der Waals surface area contributed by atoms with Gasteiger partial charge in [0.2, 0.25) is 0 Å². The average Bonchev–Trinajstić information content (AvgIpc) is 2.69. The molecule has 1 aromatic heterocycles. The topological polar surface area (TPSA) is 37.1 Å². The second-order valence-corrected chi connectivity index (χ2v) is 6.93. The van der Waals surface area contributed by atoms with Crippen molar-refractivity contribution in [3.05, 3.63) is 88.9 Å². The molecule has 3 nitrogen and oxygen atoms in total. The van der Waals surface area contributed by atoms with E-state index in [0.717, 1.165) is 16.7 Å². The fraction of sp³-hybridized carbons (Fsp3) is 0.0870. The summed E-state index contributed by atoms with van der Waals surface area (Å²) in [5, 5.41) is 0.672. The van der Waals surface area contributed by atoms with Crippen molar-refractivity contribution in [1.29, 1.82) is 0 Å². The Bertz CT molecular complexity index is 919. The number of nitrogens with zero attached hydrogens (tertiary/aromatic N) is 2. The second kappa shape index (κ2) is 7.29. The normalized spacial score (nSPS) is 10.8. The van der Waals surface area contributed by atoms with Crippen LogP contribution in [0.5, 0.6) is 0 Å². The molecule has 4 rings (SSSR count). The lowest BCUT2D eigenvalue weighted by molar-refractivity contribution is 0.540. The van der Waals surface area contributed by atoms with Gasteiger partial charge in [0.15, 0.2) is 5.82 Å². The molecule has 0 aliphatic heterocycles. The van der Waals surface area contributed by atoms with Gasteiger partial charge in [0.25, 0.3) is 0 Å². The largest absolute Gasteiger partial charge is 0.464 e. The van der Waals surface area contributed by atoms with Crippen LogP contribution in [0.2, 0.25) is 5.02 Å². The van der Waals surface area contributed by atoms with Crippen LogP contribution in [0, 0.1) is 13.8 Å². The number of halogens is 1. The lowest BCUT2D eigenvalue weighted by atomic mass is 10.1. The van der Waals surface area contributed by atoms with Gasteiger partial charge in [-0.15, -0.1) is 9.97 Å². The Labute approximate surface area is 163 Å². The van der Waals surface area contributed by atoms with E-state index >= 15 is 0 Å². The summed E-state index contributed by atoms with van der Waals surface area (Å²) in [6, 6.07) is 23.7. The van der Waals surface area contributed by atoms with E-state index in [1.54, 1.807) is 0 Å². The van der Waals surface area contributed by atoms with E-state index in [1.807, 2.05) is 60.7 Å². The van der Waals surface area contributed by atoms with Gasteiger partial charge in [-0.05, 0) is 50.2 Å². The summed E-state index contributed by atoms with van der Waals surface area (Å²) in [6.07, 6.45) is 0. The molecule has 0 aliphatic carbocycles. The maximum atomic E-state index is 6.05. The zero-order valence-corrected chi connectivity index (χ0v) is 15.9. The predicted octanol–water partition coefficient (Wildman–Crippen LogP) is 6.62. The van der Waals surface area contributed by atoms with Gasteiger partial charge in [-0.2, -0.15) is 4.42 Å². The van der Waals surface area contributed by atoms with Gasteiger partial charge in [0.1, 0.15) is 11.1 Å². The van der Waals surface area contributed by atoms with E-state index in [1.165, 1.54) is 11.1 Å². The first kappa shape index (κ1) is 17.4. The van der Waals surface area contributed by atoms with Crippen molar-refractivity contribution in [2.45, 2.75) is 13.8 Å². The lowest BCUT2D eigenvalue weighted by Crippen LogP contribution is -1.96. The van der Waals surface area contributed by atoms with E-state index in [-0.39, 0.29) is 0 Å². The summed E-state index contributed by atoms with van der Waals surface area (Å²) in [6.45, 7) is 4.11. The number of benzene rings is 3. The fourth-order valence-corrected chi connectivity index (χ4v) is 2.85. The highest BCUT2D eigenvalue weighted by Gasteiger charge is 2.24. The van der Waals surface area contributed by atoms with Crippen LogP contribution < -0.4 is 0 Å². The van der Waals surface area contributed by atoms with Gasteiger partial charge in [-0.3, -0.25) is 0 Å². The highest BCUT2D eigenvalue weighted by Crippen LogP contribution is 2.28. The molecule has 0 unspecified atom stereocenters. The minimum atomic E-state index is 0.507. The number of aromatic nitrogens is 2. The van der Waals surface area contributed by atoms with Crippen LogP contribution in [0.15, 0.2) is 77.2 Å². The van der Waals surface area contributed by atoms with Crippen molar-refractivity contribution in [3.63, 3.8) is 0 Å². The van der Waals surface area contributed by atoms with Crippen LogP contribution in [0.25, 0.3) is 34.3 Å². The number of hydrogen-bond donors (Lipinski definition) is 0. The van der Waals surface area contributed by atoms with Crippen molar-refractivity contribution < 1.29 is 4.42 Å². The zero-order chi connectivity index (χ0) is 18.8. The molecule has 0 fully saturated rings. The van der Waals surface area contributed by atoms with Crippen LogP contribution in [0.1, 0.15) is 11.1 Å². The first-order valence-corrected chi connectivity index (χ1v) is 9.08. The van der Waals surface area contributed by atoms with Crippen LogP contribution in [0.3, 0.4) is 0 Å². The highest BCUT2D eigenvalue weighted by atomic mass is 35.5. The van der Waals surface area contributed by atoms with Crippen molar-refractivity contribution >= 4 is 11.6 Å². The van der Waals surface area contributed by atoms with Crippen LogP contribution in [0.4, 0.5) is 0 Å². The molecule has 4 aromatic rings. The Morgan fingerprint density at radius 1 is 0.593 bits per heavy atom. The number of rotatable bonds is 3. The summed E-state index contributed by atoms with van der Waals surface area (Å²) < 4.78 is 6.05. The maximum absolute atomic E-state index is 6.05. The van der Waals surface area contributed by atoms with Gasteiger partial charge < -0.3 is 0 Å². The zero-order valence-electron chi connectivity index (χ0n) is 15.1. The summed E-state index contributed by atoms with van der Waals surface area (Å²) >= 11 is 6.02. The number of hydrogen-bond acceptors (Lipinski definition) is 2. The van der Waals surface area contributed by atoms with E-state index in [4.69, 9.17) is 16.0 Å². The average molecular weight is 374 g/mol. The lowest BCUT2D eigenvalue weighted by Gasteiger charge is -2.01. The monoisotopic (exact) mass is 373 g/mol. The molecule has 0 atom stereocenters. The summed E-state index contributed by atoms with van der Waals surface area (Å²) in [4.78, 5) is 9.33. The Hall–Kier alpha value is -3.04. The van der Waals surface area contributed by atoms with Crippen LogP contribution in [-0.2, 0) is 0 Å². The molecule has 3 aromatic carbocycles. The van der Waals surface area contributed by atoms with Crippen molar-refractivity contribution in [2.24, 2.45) is 0 Å². The highest BCUT2D eigenvalue weighted by molar-refractivity contribution is 6.30. The molecular formula is C23H18ClN2O+. The molecule has 0 radical (unpaired) electrons. The van der Waals surface area contributed by atoms with Crippen molar-refractivity contribution in [1.82, 2.24) is 9.97 Å². The maximum Gasteiger partial charge on any atom is 0.464 e. The van der Waals surface area contributed by atoms with E-state index in [0.29, 0.717) is 22.6 Å². The molecule has 132 valence electrons. The minimum absolute atomic E-state index is 0.507. The minimum Gasteiger partial charge on any atom is -0.166 e. The van der Waals surface area contributed by atoms with Crippen molar-refractivity contribution in [2.75, 3.05) is 0 Å². The van der Waals surface area contributed by atoms with Crippen LogP contribution in [-0.4, -0.2) is 9.97 Å². The molecule has 0 saturated heterocycles. The third-order valence-corrected chi connectivity index (χ3v) is 4.56. The van der Waals surface area contributed by atoms with E-state index in [9.17, 15) is 0 Å². The summed E-state index contributed by atoms with van der Waals surface area (Å²) in [7, 11) is 0. The SMILES string of the molecule is Cc1ccc(-c2nc(-c3ccc(C)cc3)[o+]c(-c3ccc(Cl)cc3)n2)cc1. The van der Waals surface area contributed by atoms with Gasteiger partial charge in [-0.25, -0.2) is 0 Å². The standard InChI is InChI=1S/C23H18ClN2O/c1-15-3-7-17(8-4-15)21-25-22(18-9-5-16(2)6-10-18)27-23(26-21)19-11-13-20(24)14-12-19/h3-14H,1-2H3/q+1. The molecule has 0 aliphatic rings. The number of aryl methyl sites for hydroxylation is 2. The molecule has 1 heterocycles. The van der Waals surface area contributed by atoms with Gasteiger partial charge in [-0.1, -0.05) is 59.1 Å². The van der Waals surface area contributed by atoms with Gasteiger partial charge in [0.05, 0.1) is 0 Å². The van der Waals surface area contributed by atoms with E-state index < -0.39 is 0 Å². The van der Waals surface area contributed by atoms with Gasteiger partial charge >= 0.3 is 11.8 Å². The predicted molar refractivity (Wildman–Crippen MR) is 109 cm³/mol. The Kier molecular flexibility index (Phi) is 4.69.